The van der Waals surface area contributed by atoms with E-state index < -0.39 is 15.2 Å². The lowest BCUT2D eigenvalue weighted by atomic mass is 9.58. The van der Waals surface area contributed by atoms with Crippen LogP contribution >= 0.6 is 0 Å². The van der Waals surface area contributed by atoms with Gasteiger partial charge in [-0.3, -0.25) is 0 Å². The molecule has 0 radical (unpaired) electrons. The molecule has 5 aliphatic carbocycles. The third kappa shape index (κ3) is 3.49. The van der Waals surface area contributed by atoms with Crippen LogP contribution in [0.15, 0.2) is 0 Å². The van der Waals surface area contributed by atoms with Crippen molar-refractivity contribution in [2.45, 2.75) is 134 Å². The molecule has 0 aromatic heterocycles. The Labute approximate surface area is 184 Å². The molecule has 0 bridgehead atoms. The third-order valence-corrected chi connectivity index (χ3v) is 33.1. The van der Waals surface area contributed by atoms with Crippen LogP contribution in [0.1, 0.15) is 96.3 Å². The Balaban J connectivity index is 1.41. The van der Waals surface area contributed by atoms with Gasteiger partial charge in [0.2, 0.25) is 0 Å². The molecule has 6 atom stereocenters. The van der Waals surface area contributed by atoms with Crippen molar-refractivity contribution in [2.75, 3.05) is 0 Å². The highest BCUT2D eigenvalue weighted by molar-refractivity contribution is 7.41. The first kappa shape index (κ1) is 21.3. The van der Waals surface area contributed by atoms with E-state index in [-0.39, 0.29) is 0 Å². The Hall–Kier alpha value is 0.434. The van der Waals surface area contributed by atoms with Crippen LogP contribution in [0.5, 0.6) is 0 Å². The van der Waals surface area contributed by atoms with Gasteiger partial charge in [0.15, 0.2) is 0 Å². The molecule has 5 fully saturated rings. The fourth-order valence-electron chi connectivity index (χ4n) is 10.2. The van der Waals surface area contributed by atoms with E-state index in [1.54, 1.807) is 89.9 Å². The maximum atomic E-state index is 2.92. The van der Waals surface area contributed by atoms with Gasteiger partial charge in [-0.1, -0.05) is 103 Å². The van der Waals surface area contributed by atoms with Crippen LogP contribution in [-0.2, 0) is 0 Å². The number of hydrogen-bond donors (Lipinski definition) is 0. The van der Waals surface area contributed by atoms with E-state index in [0.29, 0.717) is 0 Å². The average molecular weight is 431 g/mol. The van der Waals surface area contributed by atoms with Gasteiger partial charge in [-0.15, -0.1) is 0 Å². The molecule has 0 saturated heterocycles. The zero-order chi connectivity index (χ0) is 20.2. The molecule has 2 heteroatoms. The van der Waals surface area contributed by atoms with E-state index in [4.69, 9.17) is 0 Å². The van der Waals surface area contributed by atoms with Crippen LogP contribution in [0.2, 0.25) is 37.3 Å². The predicted molar refractivity (Wildman–Crippen MR) is 133 cm³/mol. The smallest absolute Gasteiger partial charge is 0.0448 e. The molecular formula is C27H50Si2. The molecule has 0 nitrogen and oxygen atoms in total. The fourth-order valence-corrected chi connectivity index (χ4v) is 24.4. The SMILES string of the molecule is C[Si](C)(C1CCCC1)[Si](C)(C)C1CCC2C1CC1CCCC1C2C1CCCCC1. The van der Waals surface area contributed by atoms with Crippen LogP contribution < -0.4 is 0 Å². The van der Waals surface area contributed by atoms with Gasteiger partial charge in [0.1, 0.15) is 0 Å². The summed E-state index contributed by atoms with van der Waals surface area (Å²) in [7, 11) is -2.25. The highest BCUT2D eigenvalue weighted by atomic mass is 29.3. The number of hydrogen-bond acceptors (Lipinski definition) is 0. The summed E-state index contributed by atoms with van der Waals surface area (Å²) < 4.78 is 0. The zero-order valence-electron chi connectivity index (χ0n) is 20.2. The summed E-state index contributed by atoms with van der Waals surface area (Å²) in [5, 5.41) is 0. The molecule has 0 aromatic rings. The predicted octanol–water partition coefficient (Wildman–Crippen LogP) is 8.84. The minimum atomic E-state index is -1.16. The largest absolute Gasteiger partial charge is 0.0711 e. The van der Waals surface area contributed by atoms with Crippen molar-refractivity contribution in [2.24, 2.45) is 35.5 Å². The quantitative estimate of drug-likeness (QED) is 0.391. The maximum Gasteiger partial charge on any atom is 0.0448 e. The summed E-state index contributed by atoms with van der Waals surface area (Å²) in [5.41, 5.74) is 2.38. The molecule has 0 amide bonds. The van der Waals surface area contributed by atoms with E-state index in [0.717, 1.165) is 35.5 Å². The molecule has 0 aromatic carbocycles. The van der Waals surface area contributed by atoms with Gasteiger partial charge >= 0.3 is 0 Å². The fraction of sp³-hybridized carbons (Fsp3) is 1.00. The molecule has 0 N–H and O–H groups in total. The highest BCUT2D eigenvalue weighted by Crippen LogP contribution is 2.64. The van der Waals surface area contributed by atoms with Gasteiger partial charge in [0, 0.05) is 15.2 Å². The first-order valence-electron chi connectivity index (χ1n) is 13.9. The van der Waals surface area contributed by atoms with Crippen molar-refractivity contribution in [3.8, 4) is 0 Å². The summed E-state index contributed by atoms with van der Waals surface area (Å²) in [4.78, 5) is 0. The van der Waals surface area contributed by atoms with Crippen molar-refractivity contribution in [3.63, 3.8) is 0 Å². The minimum absolute atomic E-state index is 1.10. The van der Waals surface area contributed by atoms with E-state index >= 15 is 0 Å². The summed E-state index contributed by atoms with van der Waals surface area (Å²) in [6.07, 6.45) is 23.9. The minimum Gasteiger partial charge on any atom is -0.0711 e. The molecule has 6 unspecified atom stereocenters. The average Bonchev–Trinajstić information content (AvgIpc) is 3.46. The van der Waals surface area contributed by atoms with Crippen molar-refractivity contribution in [1.29, 1.82) is 0 Å². The third-order valence-electron chi connectivity index (χ3n) is 12.3. The van der Waals surface area contributed by atoms with E-state index in [1.807, 2.05) is 0 Å². The van der Waals surface area contributed by atoms with Crippen molar-refractivity contribution >= 4 is 15.2 Å². The lowest BCUT2D eigenvalue weighted by molar-refractivity contribution is 0.0162. The summed E-state index contributed by atoms with van der Waals surface area (Å²) in [6, 6.07) is 0. The monoisotopic (exact) mass is 430 g/mol. The molecule has 29 heavy (non-hydrogen) atoms. The van der Waals surface area contributed by atoms with Crippen LogP contribution in [0.4, 0.5) is 0 Å². The Morgan fingerprint density at radius 3 is 1.86 bits per heavy atom. The van der Waals surface area contributed by atoms with E-state index in [9.17, 15) is 0 Å². The Morgan fingerprint density at radius 1 is 0.483 bits per heavy atom. The second-order valence-electron chi connectivity index (χ2n) is 13.5. The second kappa shape index (κ2) is 8.09. The van der Waals surface area contributed by atoms with Gasteiger partial charge < -0.3 is 0 Å². The summed E-state index contributed by atoms with van der Waals surface area (Å²) in [6.45, 7) is 11.6. The standard InChI is InChI=1S/C27H50Si2/c1-28(2,22-14-8-9-15-22)29(3,4)26-18-17-24-25(26)19-21-13-10-16-23(21)27(24)20-11-6-5-7-12-20/h20-27H,5-19H2,1-4H3. The van der Waals surface area contributed by atoms with Crippen LogP contribution in [0.3, 0.4) is 0 Å². The van der Waals surface area contributed by atoms with Crippen LogP contribution in [-0.4, -0.2) is 15.2 Å². The Kier molecular flexibility index (Phi) is 5.94. The molecule has 166 valence electrons. The van der Waals surface area contributed by atoms with Crippen molar-refractivity contribution in [3.05, 3.63) is 0 Å². The maximum absolute atomic E-state index is 2.92. The first-order valence-corrected chi connectivity index (χ1v) is 21.1. The molecule has 5 aliphatic rings. The number of fused-ring (bicyclic) bond motifs is 2. The first-order chi connectivity index (χ1) is 13.9. The molecule has 0 heterocycles. The van der Waals surface area contributed by atoms with Gasteiger partial charge in [-0.25, -0.2) is 0 Å². The van der Waals surface area contributed by atoms with Crippen LogP contribution in [0.25, 0.3) is 0 Å². The van der Waals surface area contributed by atoms with E-state index in [1.165, 1.54) is 17.5 Å². The van der Waals surface area contributed by atoms with Gasteiger partial charge in [-0.05, 0) is 65.9 Å². The molecule has 0 aliphatic heterocycles. The zero-order valence-corrected chi connectivity index (χ0v) is 22.2. The van der Waals surface area contributed by atoms with Gasteiger partial charge in [-0.2, -0.15) is 0 Å². The highest BCUT2D eigenvalue weighted by Gasteiger charge is 2.59. The van der Waals surface area contributed by atoms with Crippen LogP contribution in [0, 0.1) is 35.5 Å². The normalized spacial score (nSPS) is 42.2. The Morgan fingerprint density at radius 2 is 1.14 bits per heavy atom. The summed E-state index contributed by atoms with van der Waals surface area (Å²) in [5.74, 6) is 6.91. The molecule has 0 spiro atoms. The lowest BCUT2D eigenvalue weighted by Crippen LogP contribution is -2.61. The molecule has 5 saturated carbocycles. The Bertz CT molecular complexity index is 569. The lowest BCUT2D eigenvalue weighted by Gasteiger charge is -2.53. The second-order valence-corrected chi connectivity index (χ2v) is 29.7. The molecular weight excluding hydrogens is 380 g/mol. The topological polar surface area (TPSA) is 0 Å². The van der Waals surface area contributed by atoms with Crippen molar-refractivity contribution < 1.29 is 0 Å². The van der Waals surface area contributed by atoms with Gasteiger partial charge in [0.25, 0.3) is 0 Å². The van der Waals surface area contributed by atoms with E-state index in [2.05, 4.69) is 26.2 Å². The summed E-state index contributed by atoms with van der Waals surface area (Å²) >= 11 is 0. The van der Waals surface area contributed by atoms with Crippen molar-refractivity contribution in [1.82, 2.24) is 0 Å². The van der Waals surface area contributed by atoms with Gasteiger partial charge in [0.05, 0.1) is 0 Å². The number of rotatable bonds is 4. The molecule has 5 rings (SSSR count).